The molecule has 1 aromatic carbocycles. The zero-order valence-corrected chi connectivity index (χ0v) is 7.36. The van der Waals surface area contributed by atoms with E-state index in [1.807, 2.05) is 49.2 Å². The molecule has 0 saturated heterocycles. The molecule has 0 aromatic heterocycles. The summed E-state index contributed by atoms with van der Waals surface area (Å²) in [5.74, 6) is 0. The maximum atomic E-state index is 8.67. The van der Waals surface area contributed by atoms with E-state index in [4.69, 9.17) is 5.26 Å². The van der Waals surface area contributed by atoms with E-state index in [1.165, 1.54) is 0 Å². The Balaban J connectivity index is 2.80. The summed E-state index contributed by atoms with van der Waals surface area (Å²) in [6, 6.07) is 12.0. The first-order chi connectivity index (χ1) is 5.75. The predicted octanol–water partition coefficient (Wildman–Crippen LogP) is 2.03. The molecule has 0 fully saturated rings. The van der Waals surface area contributed by atoms with Crippen LogP contribution >= 0.6 is 0 Å². The molecule has 1 rings (SSSR count). The minimum absolute atomic E-state index is 0.0765. The molecule has 62 valence electrons. The highest BCUT2D eigenvalue weighted by molar-refractivity contribution is 5.47. The second-order valence-electron chi connectivity index (χ2n) is 2.75. The molecule has 0 N–H and O–H groups in total. The molecular formula is C10H12N2. The first kappa shape index (κ1) is 8.61. The Morgan fingerprint density at radius 1 is 1.33 bits per heavy atom. The van der Waals surface area contributed by atoms with Crippen molar-refractivity contribution in [1.82, 2.24) is 0 Å². The Kier molecular flexibility index (Phi) is 2.71. The van der Waals surface area contributed by atoms with Gasteiger partial charge in [0.15, 0.2) is 0 Å². The van der Waals surface area contributed by atoms with Crippen molar-refractivity contribution in [2.75, 3.05) is 11.9 Å². The summed E-state index contributed by atoms with van der Waals surface area (Å²) in [5, 5.41) is 8.67. The molecule has 0 heterocycles. The van der Waals surface area contributed by atoms with Crippen molar-refractivity contribution in [3.05, 3.63) is 30.3 Å². The second-order valence-corrected chi connectivity index (χ2v) is 2.75. The number of rotatable bonds is 2. The van der Waals surface area contributed by atoms with Crippen LogP contribution in [0.3, 0.4) is 0 Å². The van der Waals surface area contributed by atoms with Crippen LogP contribution in [0.25, 0.3) is 0 Å². The van der Waals surface area contributed by atoms with Gasteiger partial charge in [0, 0.05) is 12.7 Å². The molecule has 0 spiro atoms. The molecule has 0 radical (unpaired) electrons. The van der Waals surface area contributed by atoms with E-state index in [0.717, 1.165) is 5.69 Å². The van der Waals surface area contributed by atoms with Crippen molar-refractivity contribution in [3.8, 4) is 6.07 Å². The van der Waals surface area contributed by atoms with Gasteiger partial charge >= 0.3 is 0 Å². The van der Waals surface area contributed by atoms with Crippen LogP contribution in [0.4, 0.5) is 5.69 Å². The van der Waals surface area contributed by atoms with E-state index >= 15 is 0 Å². The number of benzene rings is 1. The lowest BCUT2D eigenvalue weighted by Gasteiger charge is -2.21. The van der Waals surface area contributed by atoms with Crippen LogP contribution in [0, 0.1) is 11.3 Å². The summed E-state index contributed by atoms with van der Waals surface area (Å²) in [6.07, 6.45) is 0. The molecule has 2 heteroatoms. The Morgan fingerprint density at radius 3 is 2.42 bits per heavy atom. The number of hydrogen-bond donors (Lipinski definition) is 0. The third-order valence-electron chi connectivity index (χ3n) is 1.93. The fourth-order valence-electron chi connectivity index (χ4n) is 0.973. The molecule has 0 aliphatic rings. The predicted molar refractivity (Wildman–Crippen MR) is 49.9 cm³/mol. The summed E-state index contributed by atoms with van der Waals surface area (Å²) < 4.78 is 0. The van der Waals surface area contributed by atoms with Crippen LogP contribution in [0.2, 0.25) is 0 Å². The maximum absolute atomic E-state index is 8.67. The molecule has 0 amide bonds. The maximum Gasteiger partial charge on any atom is 0.113 e. The van der Waals surface area contributed by atoms with Gasteiger partial charge in [-0.05, 0) is 19.1 Å². The minimum Gasteiger partial charge on any atom is -0.359 e. The topological polar surface area (TPSA) is 27.0 Å². The third-order valence-corrected chi connectivity index (χ3v) is 1.93. The van der Waals surface area contributed by atoms with Gasteiger partial charge in [0.1, 0.15) is 6.04 Å². The van der Waals surface area contributed by atoms with Gasteiger partial charge in [-0.1, -0.05) is 18.2 Å². The van der Waals surface area contributed by atoms with E-state index in [0.29, 0.717) is 0 Å². The van der Waals surface area contributed by atoms with Crippen LogP contribution in [-0.4, -0.2) is 13.1 Å². The highest BCUT2D eigenvalue weighted by atomic mass is 15.1. The molecule has 1 aromatic rings. The standard InChI is InChI=1S/C10H12N2/c1-9(8-11)12(2)10-6-4-3-5-7-10/h3-7,9H,1-2H3/t9-/m1/s1. The molecular weight excluding hydrogens is 148 g/mol. The van der Waals surface area contributed by atoms with E-state index in [9.17, 15) is 0 Å². The van der Waals surface area contributed by atoms with Crippen LogP contribution in [-0.2, 0) is 0 Å². The van der Waals surface area contributed by atoms with Crippen molar-refractivity contribution >= 4 is 5.69 Å². The highest BCUT2D eigenvalue weighted by Gasteiger charge is 2.06. The Morgan fingerprint density at radius 2 is 1.92 bits per heavy atom. The van der Waals surface area contributed by atoms with Gasteiger partial charge in [-0.25, -0.2) is 0 Å². The number of hydrogen-bond acceptors (Lipinski definition) is 2. The van der Waals surface area contributed by atoms with Gasteiger partial charge < -0.3 is 4.90 Å². The lowest BCUT2D eigenvalue weighted by atomic mass is 10.2. The molecule has 0 unspecified atom stereocenters. The molecule has 1 atom stereocenters. The Bertz CT molecular complexity index is 274. The van der Waals surface area contributed by atoms with Gasteiger partial charge in [0.2, 0.25) is 0 Å². The lowest BCUT2D eigenvalue weighted by molar-refractivity contribution is 0.835. The lowest BCUT2D eigenvalue weighted by Crippen LogP contribution is -2.26. The summed E-state index contributed by atoms with van der Waals surface area (Å²) >= 11 is 0. The minimum atomic E-state index is -0.0765. The molecule has 0 bridgehead atoms. The van der Waals surface area contributed by atoms with E-state index < -0.39 is 0 Å². The van der Waals surface area contributed by atoms with Gasteiger partial charge in [-0.3, -0.25) is 0 Å². The summed E-state index contributed by atoms with van der Waals surface area (Å²) in [4.78, 5) is 1.94. The fourth-order valence-corrected chi connectivity index (χ4v) is 0.973. The van der Waals surface area contributed by atoms with Gasteiger partial charge in [-0.15, -0.1) is 0 Å². The largest absolute Gasteiger partial charge is 0.359 e. The summed E-state index contributed by atoms with van der Waals surface area (Å²) in [5.41, 5.74) is 1.08. The number of para-hydroxylation sites is 1. The summed E-state index contributed by atoms with van der Waals surface area (Å²) in [7, 11) is 1.92. The Hall–Kier alpha value is -1.49. The van der Waals surface area contributed by atoms with Gasteiger partial charge in [0.25, 0.3) is 0 Å². The molecule has 0 saturated carbocycles. The number of anilines is 1. The first-order valence-corrected chi connectivity index (χ1v) is 3.93. The average Bonchev–Trinajstić information content (AvgIpc) is 2.17. The van der Waals surface area contributed by atoms with E-state index in [2.05, 4.69) is 6.07 Å². The fraction of sp³-hybridized carbons (Fsp3) is 0.300. The zero-order chi connectivity index (χ0) is 8.97. The SMILES string of the molecule is C[C@H](C#N)N(C)c1ccccc1. The van der Waals surface area contributed by atoms with Crippen LogP contribution < -0.4 is 4.90 Å². The number of nitriles is 1. The van der Waals surface area contributed by atoms with Gasteiger partial charge in [-0.2, -0.15) is 5.26 Å². The molecule has 2 nitrogen and oxygen atoms in total. The van der Waals surface area contributed by atoms with Crippen molar-refractivity contribution in [2.45, 2.75) is 13.0 Å². The summed E-state index contributed by atoms with van der Waals surface area (Å²) in [6.45, 7) is 1.88. The van der Waals surface area contributed by atoms with Crippen LogP contribution in [0.1, 0.15) is 6.92 Å². The van der Waals surface area contributed by atoms with Crippen molar-refractivity contribution in [1.29, 1.82) is 5.26 Å². The first-order valence-electron chi connectivity index (χ1n) is 3.93. The van der Waals surface area contributed by atoms with Crippen molar-refractivity contribution in [3.63, 3.8) is 0 Å². The van der Waals surface area contributed by atoms with E-state index in [-0.39, 0.29) is 6.04 Å². The smallest absolute Gasteiger partial charge is 0.113 e. The quantitative estimate of drug-likeness (QED) is 0.662. The normalized spacial score (nSPS) is 11.8. The van der Waals surface area contributed by atoms with Gasteiger partial charge in [0.05, 0.1) is 6.07 Å². The molecule has 0 aliphatic carbocycles. The van der Waals surface area contributed by atoms with Crippen LogP contribution in [0.5, 0.6) is 0 Å². The second kappa shape index (κ2) is 3.77. The zero-order valence-electron chi connectivity index (χ0n) is 7.36. The third kappa shape index (κ3) is 1.76. The average molecular weight is 160 g/mol. The highest BCUT2D eigenvalue weighted by Crippen LogP contribution is 2.12. The molecule has 12 heavy (non-hydrogen) atoms. The monoisotopic (exact) mass is 160 g/mol. The molecule has 0 aliphatic heterocycles. The van der Waals surface area contributed by atoms with Crippen molar-refractivity contribution < 1.29 is 0 Å². The van der Waals surface area contributed by atoms with Crippen molar-refractivity contribution in [2.24, 2.45) is 0 Å². The van der Waals surface area contributed by atoms with Crippen LogP contribution in [0.15, 0.2) is 30.3 Å². The number of nitrogens with zero attached hydrogens (tertiary/aromatic N) is 2. The van der Waals surface area contributed by atoms with E-state index in [1.54, 1.807) is 0 Å². The Labute approximate surface area is 73.0 Å².